The first-order valence-corrected chi connectivity index (χ1v) is 9.21. The predicted octanol–water partition coefficient (Wildman–Crippen LogP) is 5.73. The number of carbonyl (C=O) groups excluding carboxylic acids is 1. The number of rotatable bonds is 4. The van der Waals surface area contributed by atoms with E-state index in [1.54, 1.807) is 0 Å². The van der Waals surface area contributed by atoms with Crippen molar-refractivity contribution in [3.8, 4) is 0 Å². The van der Waals surface area contributed by atoms with Gasteiger partial charge in [0.2, 0.25) is 0 Å². The summed E-state index contributed by atoms with van der Waals surface area (Å²) in [7, 11) is 0. The molecule has 0 saturated carbocycles. The third-order valence-electron chi connectivity index (χ3n) is 2.82. The number of nitrogens with one attached hydrogen (secondary N) is 1. The maximum absolute atomic E-state index is 12.2. The molecule has 2 nitrogen and oxygen atoms in total. The third kappa shape index (κ3) is 3.03. The van der Waals surface area contributed by atoms with Crippen LogP contribution in [0.25, 0.3) is 10.9 Å². The first kappa shape index (κ1) is 14.4. The fraction of sp³-hybridized carbons (Fsp3) is 0.0714. The number of thioether (sulfide) groups is 1. The highest BCUT2D eigenvalue weighted by Crippen LogP contribution is 2.33. The minimum atomic E-state index is 0.127. The van der Waals surface area contributed by atoms with E-state index in [0.29, 0.717) is 5.75 Å². The number of para-hydroxylation sites is 1. The Bertz CT molecular complexity index is 745. The number of benzene rings is 1. The van der Waals surface area contributed by atoms with Gasteiger partial charge in [0.15, 0.2) is 5.78 Å². The molecule has 1 aromatic carbocycles. The summed E-state index contributed by atoms with van der Waals surface area (Å²) < 4.78 is 1.84. The Labute approximate surface area is 141 Å². The number of H-pyrrole nitrogens is 1. The van der Waals surface area contributed by atoms with Crippen LogP contribution in [0.1, 0.15) is 10.4 Å². The van der Waals surface area contributed by atoms with Crippen LogP contribution in [-0.2, 0) is 0 Å². The van der Waals surface area contributed by atoms with Gasteiger partial charge in [-0.3, -0.25) is 4.79 Å². The summed E-state index contributed by atoms with van der Waals surface area (Å²) in [4.78, 5) is 15.5. The van der Waals surface area contributed by atoms with Crippen molar-refractivity contribution < 1.29 is 4.79 Å². The number of hydrogen-bond acceptors (Lipinski definition) is 3. The van der Waals surface area contributed by atoms with E-state index in [1.165, 1.54) is 28.5 Å². The van der Waals surface area contributed by atoms with Crippen molar-refractivity contribution in [1.29, 1.82) is 0 Å². The molecule has 20 heavy (non-hydrogen) atoms. The molecule has 0 bridgehead atoms. The Morgan fingerprint density at radius 1 is 1.25 bits per heavy atom. The van der Waals surface area contributed by atoms with Gasteiger partial charge in [-0.25, -0.2) is 0 Å². The Hall–Kier alpha value is -0.560. The highest BCUT2D eigenvalue weighted by Gasteiger charge is 2.14. The van der Waals surface area contributed by atoms with Crippen molar-refractivity contribution in [3.05, 3.63) is 49.5 Å². The largest absolute Gasteiger partial charge is 0.350 e. The van der Waals surface area contributed by atoms with Crippen molar-refractivity contribution in [2.75, 3.05) is 5.75 Å². The van der Waals surface area contributed by atoms with Gasteiger partial charge in [-0.1, -0.05) is 18.2 Å². The van der Waals surface area contributed by atoms with Crippen LogP contribution in [0.4, 0.5) is 0 Å². The second kappa shape index (κ2) is 6.05. The van der Waals surface area contributed by atoms with Gasteiger partial charge in [-0.15, -0.1) is 23.1 Å². The van der Waals surface area contributed by atoms with Crippen LogP contribution in [0, 0.1) is 0 Å². The number of hydrogen-bond donors (Lipinski definition) is 1. The molecule has 6 heteroatoms. The molecule has 0 radical (unpaired) electrons. The highest BCUT2D eigenvalue weighted by atomic mass is 79.9. The average Bonchev–Trinajstić information content (AvgIpc) is 2.98. The molecule has 0 atom stereocenters. The minimum absolute atomic E-state index is 0.127. The third-order valence-corrected chi connectivity index (χ3v) is 6.10. The zero-order valence-corrected chi connectivity index (χ0v) is 15.0. The molecule has 2 heterocycles. The number of Topliss-reactive ketones (excluding diaryl/α,β-unsaturated/α-hetero) is 1. The van der Waals surface area contributed by atoms with Gasteiger partial charge in [-0.05, 0) is 50.1 Å². The smallest absolute Gasteiger partial charge is 0.175 e. The Morgan fingerprint density at radius 3 is 2.75 bits per heavy atom. The molecule has 0 saturated heterocycles. The topological polar surface area (TPSA) is 32.9 Å². The van der Waals surface area contributed by atoms with Gasteiger partial charge in [0.1, 0.15) is 0 Å². The van der Waals surface area contributed by atoms with Crippen LogP contribution >= 0.6 is 55.0 Å². The van der Waals surface area contributed by atoms with Crippen molar-refractivity contribution >= 4 is 71.6 Å². The lowest BCUT2D eigenvalue weighted by Crippen LogP contribution is -2.01. The normalized spacial score (nSPS) is 11.1. The van der Waals surface area contributed by atoms with Crippen LogP contribution in [0.15, 0.2) is 49.0 Å². The van der Waals surface area contributed by atoms with E-state index >= 15 is 0 Å². The molecule has 0 fully saturated rings. The van der Waals surface area contributed by atoms with Gasteiger partial charge >= 0.3 is 0 Å². The number of aromatic nitrogens is 1. The maximum atomic E-state index is 12.2. The second-order valence-corrected chi connectivity index (χ2v) is 8.94. The lowest BCUT2D eigenvalue weighted by molar-refractivity contribution is 0.102. The summed E-state index contributed by atoms with van der Waals surface area (Å²) in [6, 6.07) is 12.0. The van der Waals surface area contributed by atoms with E-state index < -0.39 is 0 Å². The molecule has 2 aromatic heterocycles. The first-order chi connectivity index (χ1) is 9.63. The zero-order valence-electron chi connectivity index (χ0n) is 10.2. The molecule has 0 amide bonds. The molecule has 3 rings (SSSR count). The molecule has 0 aliphatic rings. The molecule has 0 unspecified atom stereocenters. The number of halogens is 2. The van der Waals surface area contributed by atoms with Gasteiger partial charge in [-0.2, -0.15) is 0 Å². The van der Waals surface area contributed by atoms with Gasteiger partial charge in [0, 0.05) is 16.5 Å². The number of aromatic amines is 1. The quantitative estimate of drug-likeness (QED) is 0.423. The molecular formula is C14H9Br2NOS2. The maximum Gasteiger partial charge on any atom is 0.175 e. The Morgan fingerprint density at radius 2 is 2.05 bits per heavy atom. The molecule has 102 valence electrons. The van der Waals surface area contributed by atoms with Crippen LogP contribution < -0.4 is 0 Å². The van der Waals surface area contributed by atoms with E-state index in [4.69, 9.17) is 0 Å². The SMILES string of the molecule is O=C(CSc1cc2ccccc2[nH]1)c1cc(Br)sc1Br. The summed E-state index contributed by atoms with van der Waals surface area (Å²) >= 11 is 9.87. The van der Waals surface area contributed by atoms with Crippen molar-refractivity contribution in [2.45, 2.75) is 5.03 Å². The summed E-state index contributed by atoms with van der Waals surface area (Å²) in [5, 5.41) is 2.19. The summed E-state index contributed by atoms with van der Waals surface area (Å²) in [6.45, 7) is 0. The van der Waals surface area contributed by atoms with E-state index in [2.05, 4.69) is 49.0 Å². The molecule has 3 aromatic rings. The predicted molar refractivity (Wildman–Crippen MR) is 93.1 cm³/mol. The standard InChI is InChI=1S/C14H9Br2NOS2/c15-12-6-9(14(16)20-12)11(18)7-19-13-5-8-3-1-2-4-10(8)17-13/h1-6,17H,7H2. The lowest BCUT2D eigenvalue weighted by atomic mass is 10.2. The van der Waals surface area contributed by atoms with Crippen LogP contribution in [0.5, 0.6) is 0 Å². The molecular weight excluding hydrogens is 422 g/mol. The monoisotopic (exact) mass is 429 g/mol. The fourth-order valence-electron chi connectivity index (χ4n) is 1.88. The van der Waals surface area contributed by atoms with E-state index in [-0.39, 0.29) is 5.78 Å². The zero-order chi connectivity index (χ0) is 14.1. The van der Waals surface area contributed by atoms with Gasteiger partial charge in [0.25, 0.3) is 0 Å². The number of fused-ring (bicyclic) bond motifs is 1. The number of carbonyl (C=O) groups is 1. The van der Waals surface area contributed by atoms with Crippen LogP contribution in [-0.4, -0.2) is 16.5 Å². The van der Waals surface area contributed by atoms with E-state index in [1.807, 2.05) is 24.3 Å². The van der Waals surface area contributed by atoms with Crippen LogP contribution in [0.3, 0.4) is 0 Å². The second-order valence-electron chi connectivity index (χ2n) is 4.17. The first-order valence-electron chi connectivity index (χ1n) is 5.82. The Balaban J connectivity index is 1.73. The Kier molecular flexibility index (Phi) is 4.35. The van der Waals surface area contributed by atoms with E-state index in [0.717, 1.165) is 23.7 Å². The summed E-state index contributed by atoms with van der Waals surface area (Å²) in [6.07, 6.45) is 0. The summed E-state index contributed by atoms with van der Waals surface area (Å²) in [5.74, 6) is 0.552. The lowest BCUT2D eigenvalue weighted by Gasteiger charge is -1.98. The van der Waals surface area contributed by atoms with Crippen molar-refractivity contribution in [3.63, 3.8) is 0 Å². The number of thiophene rings is 1. The molecule has 1 N–H and O–H groups in total. The van der Waals surface area contributed by atoms with Crippen molar-refractivity contribution in [1.82, 2.24) is 4.98 Å². The fourth-order valence-corrected chi connectivity index (χ4v) is 5.57. The molecule has 0 aliphatic heterocycles. The van der Waals surface area contributed by atoms with Crippen molar-refractivity contribution in [2.24, 2.45) is 0 Å². The molecule has 0 spiro atoms. The van der Waals surface area contributed by atoms with E-state index in [9.17, 15) is 4.79 Å². The van der Waals surface area contributed by atoms with Gasteiger partial charge < -0.3 is 4.98 Å². The minimum Gasteiger partial charge on any atom is -0.350 e. The van der Waals surface area contributed by atoms with Crippen LogP contribution in [0.2, 0.25) is 0 Å². The summed E-state index contributed by atoms with van der Waals surface area (Å²) in [5.41, 5.74) is 1.84. The highest BCUT2D eigenvalue weighted by molar-refractivity contribution is 9.12. The van der Waals surface area contributed by atoms with Gasteiger partial charge in [0.05, 0.1) is 18.4 Å². The molecule has 0 aliphatic carbocycles. The number of ketones is 1. The average molecular weight is 431 g/mol.